The third kappa shape index (κ3) is 3.83. The summed E-state index contributed by atoms with van der Waals surface area (Å²) in [6.45, 7) is 3.01. The second-order valence-electron chi connectivity index (χ2n) is 5.50. The van der Waals surface area contributed by atoms with Crippen molar-refractivity contribution in [2.45, 2.75) is 32.6 Å². The summed E-state index contributed by atoms with van der Waals surface area (Å²) >= 11 is 0. The summed E-state index contributed by atoms with van der Waals surface area (Å²) in [7, 11) is 0. The van der Waals surface area contributed by atoms with Crippen LogP contribution in [0, 0.1) is 12.8 Å². The zero-order chi connectivity index (χ0) is 14.5. The van der Waals surface area contributed by atoms with E-state index in [2.05, 4.69) is 31.2 Å². The Hall–Kier alpha value is -1.84. The van der Waals surface area contributed by atoms with Gasteiger partial charge in [-0.3, -0.25) is 9.59 Å². The zero-order valence-electron chi connectivity index (χ0n) is 11.8. The quantitative estimate of drug-likeness (QED) is 0.896. The van der Waals surface area contributed by atoms with Gasteiger partial charge in [-0.15, -0.1) is 0 Å². The average molecular weight is 275 g/mol. The Morgan fingerprint density at radius 1 is 1.30 bits per heavy atom. The molecule has 1 aliphatic heterocycles. The number of hydrogen-bond acceptors (Lipinski definition) is 2. The highest BCUT2D eigenvalue weighted by Crippen LogP contribution is 2.18. The molecule has 1 saturated heterocycles. The van der Waals surface area contributed by atoms with E-state index in [1.807, 2.05) is 0 Å². The lowest BCUT2D eigenvalue weighted by atomic mass is 10.1. The summed E-state index contributed by atoms with van der Waals surface area (Å²) in [4.78, 5) is 24.5. The van der Waals surface area contributed by atoms with E-state index in [0.29, 0.717) is 25.9 Å². The van der Waals surface area contributed by atoms with Crippen LogP contribution in [0.1, 0.15) is 30.4 Å². The Labute approximate surface area is 119 Å². The van der Waals surface area contributed by atoms with E-state index in [0.717, 1.165) is 12.8 Å². The molecule has 0 radical (unpaired) electrons. The number of carboxylic acids is 1. The van der Waals surface area contributed by atoms with Crippen molar-refractivity contribution in [2.75, 3.05) is 13.1 Å². The maximum absolute atomic E-state index is 12.0. The molecule has 1 amide bonds. The van der Waals surface area contributed by atoms with Crippen molar-refractivity contribution in [3.8, 4) is 0 Å². The fourth-order valence-electron chi connectivity index (χ4n) is 2.54. The Balaban J connectivity index is 1.73. The monoisotopic (exact) mass is 275 g/mol. The predicted molar refractivity (Wildman–Crippen MR) is 76.4 cm³/mol. The van der Waals surface area contributed by atoms with Gasteiger partial charge in [-0.1, -0.05) is 29.8 Å². The van der Waals surface area contributed by atoms with Crippen LogP contribution in [-0.2, 0) is 16.0 Å². The first-order valence-electron chi connectivity index (χ1n) is 7.12. The summed E-state index contributed by atoms with van der Waals surface area (Å²) < 4.78 is 0. The number of benzene rings is 1. The van der Waals surface area contributed by atoms with Crippen molar-refractivity contribution >= 4 is 11.9 Å². The summed E-state index contributed by atoms with van der Waals surface area (Å²) in [6, 6.07) is 8.34. The standard InChI is InChI=1S/C16H21NO3/c1-12-5-7-13(8-6-12)3-2-4-15(18)17-10-9-14(11-17)16(19)20/h5-8,14H,2-4,9-11H2,1H3,(H,19,20)/t14-/m1/s1. The third-order valence-electron chi connectivity index (χ3n) is 3.87. The lowest BCUT2D eigenvalue weighted by Gasteiger charge is -2.15. The molecule has 1 aliphatic rings. The lowest BCUT2D eigenvalue weighted by Crippen LogP contribution is -2.29. The van der Waals surface area contributed by atoms with E-state index >= 15 is 0 Å². The van der Waals surface area contributed by atoms with Crippen LogP contribution in [0.25, 0.3) is 0 Å². The van der Waals surface area contributed by atoms with E-state index in [1.54, 1.807) is 4.90 Å². The Morgan fingerprint density at radius 2 is 2.00 bits per heavy atom. The molecule has 1 N–H and O–H groups in total. The first kappa shape index (κ1) is 14.6. The Morgan fingerprint density at radius 3 is 2.60 bits per heavy atom. The maximum Gasteiger partial charge on any atom is 0.308 e. The number of aliphatic carboxylic acids is 1. The number of hydrogen-bond donors (Lipinski definition) is 1. The molecule has 1 heterocycles. The van der Waals surface area contributed by atoms with Gasteiger partial charge in [0.2, 0.25) is 5.91 Å². The number of likely N-dealkylation sites (tertiary alicyclic amines) is 1. The van der Waals surface area contributed by atoms with Crippen molar-refractivity contribution in [2.24, 2.45) is 5.92 Å². The summed E-state index contributed by atoms with van der Waals surface area (Å²) in [5.74, 6) is -1.09. The third-order valence-corrected chi connectivity index (χ3v) is 3.87. The molecule has 20 heavy (non-hydrogen) atoms. The van der Waals surface area contributed by atoms with Crippen LogP contribution < -0.4 is 0 Å². The van der Waals surface area contributed by atoms with Crippen LogP contribution in [-0.4, -0.2) is 35.0 Å². The Kier molecular flexibility index (Phi) is 4.77. The number of amides is 1. The van der Waals surface area contributed by atoms with E-state index in [1.165, 1.54) is 11.1 Å². The maximum atomic E-state index is 12.0. The van der Waals surface area contributed by atoms with Gasteiger partial charge in [-0.2, -0.15) is 0 Å². The highest BCUT2D eigenvalue weighted by atomic mass is 16.4. The van der Waals surface area contributed by atoms with E-state index < -0.39 is 5.97 Å². The molecule has 0 saturated carbocycles. The van der Waals surface area contributed by atoms with Gasteiger partial charge in [-0.25, -0.2) is 0 Å². The van der Waals surface area contributed by atoms with Crippen molar-refractivity contribution in [1.29, 1.82) is 0 Å². The minimum absolute atomic E-state index is 0.0841. The number of rotatable bonds is 5. The number of carbonyl (C=O) groups excluding carboxylic acids is 1. The first-order chi connectivity index (χ1) is 9.56. The summed E-state index contributed by atoms with van der Waals surface area (Å²) in [5.41, 5.74) is 2.48. The van der Waals surface area contributed by atoms with E-state index in [-0.39, 0.29) is 11.8 Å². The van der Waals surface area contributed by atoms with Crippen molar-refractivity contribution in [1.82, 2.24) is 4.90 Å². The van der Waals surface area contributed by atoms with Gasteiger partial charge in [-0.05, 0) is 31.7 Å². The summed E-state index contributed by atoms with van der Waals surface area (Å²) in [5, 5.41) is 8.92. The van der Waals surface area contributed by atoms with Crippen LogP contribution in [0.2, 0.25) is 0 Å². The normalized spacial score (nSPS) is 18.2. The van der Waals surface area contributed by atoms with Crippen LogP contribution in [0.3, 0.4) is 0 Å². The van der Waals surface area contributed by atoms with Gasteiger partial charge in [0, 0.05) is 19.5 Å². The molecule has 4 heteroatoms. The van der Waals surface area contributed by atoms with Gasteiger partial charge in [0.15, 0.2) is 0 Å². The number of aryl methyl sites for hydroxylation is 2. The number of carbonyl (C=O) groups is 2. The number of carboxylic acid groups (broad SMARTS) is 1. The largest absolute Gasteiger partial charge is 0.481 e. The molecule has 0 spiro atoms. The molecule has 0 aliphatic carbocycles. The van der Waals surface area contributed by atoms with Gasteiger partial charge >= 0.3 is 5.97 Å². The molecular weight excluding hydrogens is 254 g/mol. The lowest BCUT2D eigenvalue weighted by molar-refractivity contribution is -0.141. The molecule has 4 nitrogen and oxygen atoms in total. The van der Waals surface area contributed by atoms with Gasteiger partial charge in [0.25, 0.3) is 0 Å². The number of nitrogens with zero attached hydrogens (tertiary/aromatic N) is 1. The minimum atomic E-state index is -0.792. The topological polar surface area (TPSA) is 57.6 Å². The second kappa shape index (κ2) is 6.55. The zero-order valence-corrected chi connectivity index (χ0v) is 11.8. The molecule has 1 aromatic rings. The van der Waals surface area contributed by atoms with Gasteiger partial charge < -0.3 is 10.0 Å². The average Bonchev–Trinajstić information content (AvgIpc) is 2.91. The predicted octanol–water partition coefficient (Wildman–Crippen LogP) is 2.25. The molecule has 0 bridgehead atoms. The van der Waals surface area contributed by atoms with Gasteiger partial charge in [0.05, 0.1) is 5.92 Å². The van der Waals surface area contributed by atoms with Crippen LogP contribution in [0.4, 0.5) is 0 Å². The van der Waals surface area contributed by atoms with Crippen molar-refractivity contribution < 1.29 is 14.7 Å². The fraction of sp³-hybridized carbons (Fsp3) is 0.500. The molecule has 0 aromatic heterocycles. The molecule has 1 fully saturated rings. The first-order valence-corrected chi connectivity index (χ1v) is 7.12. The fourth-order valence-corrected chi connectivity index (χ4v) is 2.54. The molecule has 1 atom stereocenters. The van der Waals surface area contributed by atoms with Crippen molar-refractivity contribution in [3.05, 3.63) is 35.4 Å². The van der Waals surface area contributed by atoms with E-state index in [9.17, 15) is 9.59 Å². The molecule has 2 rings (SSSR count). The van der Waals surface area contributed by atoms with Crippen LogP contribution in [0.5, 0.6) is 0 Å². The smallest absolute Gasteiger partial charge is 0.308 e. The molecule has 0 unspecified atom stereocenters. The Bertz CT molecular complexity index is 481. The summed E-state index contributed by atoms with van der Waals surface area (Å²) in [6.07, 6.45) is 2.79. The second-order valence-corrected chi connectivity index (χ2v) is 5.50. The van der Waals surface area contributed by atoms with Gasteiger partial charge in [0.1, 0.15) is 0 Å². The van der Waals surface area contributed by atoms with Crippen LogP contribution in [0.15, 0.2) is 24.3 Å². The SMILES string of the molecule is Cc1ccc(CCCC(=O)N2CC[C@@H](C(=O)O)C2)cc1. The van der Waals surface area contributed by atoms with Crippen molar-refractivity contribution in [3.63, 3.8) is 0 Å². The molecular formula is C16H21NO3. The van der Waals surface area contributed by atoms with E-state index in [4.69, 9.17) is 5.11 Å². The minimum Gasteiger partial charge on any atom is -0.481 e. The molecule has 1 aromatic carbocycles. The highest BCUT2D eigenvalue weighted by Gasteiger charge is 2.30. The molecule has 108 valence electrons. The highest BCUT2D eigenvalue weighted by molar-refractivity contribution is 5.78. The van der Waals surface area contributed by atoms with Crippen LogP contribution >= 0.6 is 0 Å².